The van der Waals surface area contributed by atoms with Crippen molar-refractivity contribution in [2.24, 2.45) is 0 Å². The van der Waals surface area contributed by atoms with E-state index in [1.54, 1.807) is 0 Å². The lowest BCUT2D eigenvalue weighted by atomic mass is 10.00. The number of hydrogen-bond acceptors (Lipinski definition) is 2. The molecule has 2 aliphatic rings. The number of nitrogens with zero attached hydrogens (tertiary/aromatic N) is 1. The van der Waals surface area contributed by atoms with Gasteiger partial charge < -0.3 is 5.32 Å². The molecule has 1 amide bonds. The number of amides is 1. The lowest BCUT2D eigenvalue weighted by Crippen LogP contribution is -2.60. The first kappa shape index (κ1) is 8.05. The largest absolute Gasteiger partial charge is 0.353 e. The third-order valence-electron chi connectivity index (χ3n) is 2.80. The molecule has 1 aliphatic heterocycles. The van der Waals surface area contributed by atoms with Gasteiger partial charge in [-0.1, -0.05) is 0 Å². The van der Waals surface area contributed by atoms with Crippen LogP contribution < -0.4 is 5.32 Å². The monoisotopic (exact) mass is 168 g/mol. The van der Waals surface area contributed by atoms with E-state index >= 15 is 0 Å². The maximum absolute atomic E-state index is 11.1. The zero-order chi connectivity index (χ0) is 8.77. The number of carbonyl (C=O) groups is 1. The Kier molecular flexibility index (Phi) is 1.65. The van der Waals surface area contributed by atoms with Crippen LogP contribution in [0.15, 0.2) is 0 Å². The molecule has 1 N–H and O–H groups in total. The van der Waals surface area contributed by atoms with Gasteiger partial charge in [-0.2, -0.15) is 0 Å². The second-order valence-electron chi connectivity index (χ2n) is 4.45. The number of carbonyl (C=O) groups excluding carboxylic acids is 1. The Labute approximate surface area is 73.1 Å². The molecule has 68 valence electrons. The van der Waals surface area contributed by atoms with Crippen molar-refractivity contribution < 1.29 is 4.79 Å². The molecule has 0 aromatic rings. The van der Waals surface area contributed by atoms with E-state index in [2.05, 4.69) is 24.1 Å². The van der Waals surface area contributed by atoms with Crippen molar-refractivity contribution in [1.29, 1.82) is 0 Å². The second kappa shape index (κ2) is 2.46. The van der Waals surface area contributed by atoms with Gasteiger partial charge in [0.15, 0.2) is 0 Å². The van der Waals surface area contributed by atoms with Crippen molar-refractivity contribution in [2.75, 3.05) is 13.1 Å². The van der Waals surface area contributed by atoms with Crippen LogP contribution in [0.4, 0.5) is 0 Å². The van der Waals surface area contributed by atoms with Crippen molar-refractivity contribution in [3.63, 3.8) is 0 Å². The molecule has 1 saturated carbocycles. The fourth-order valence-electron chi connectivity index (χ4n) is 1.85. The summed E-state index contributed by atoms with van der Waals surface area (Å²) in [5.74, 6) is 0.182. The predicted octanol–water partition coefficient (Wildman–Crippen LogP) is 0.359. The minimum atomic E-state index is 0.162. The Bertz CT molecular complexity index is 209. The van der Waals surface area contributed by atoms with E-state index in [9.17, 15) is 4.79 Å². The lowest BCUT2D eigenvalue weighted by Gasteiger charge is -2.42. The molecule has 3 heteroatoms. The van der Waals surface area contributed by atoms with Gasteiger partial charge in [-0.15, -0.1) is 0 Å². The topological polar surface area (TPSA) is 32.3 Å². The van der Waals surface area contributed by atoms with Crippen LogP contribution in [0.3, 0.4) is 0 Å². The summed E-state index contributed by atoms with van der Waals surface area (Å²) < 4.78 is 0. The van der Waals surface area contributed by atoms with E-state index in [0.717, 1.165) is 6.54 Å². The average Bonchev–Trinajstić information content (AvgIpc) is 2.77. The smallest absolute Gasteiger partial charge is 0.234 e. The second-order valence-corrected chi connectivity index (χ2v) is 4.45. The maximum atomic E-state index is 11.1. The molecule has 2 fully saturated rings. The summed E-state index contributed by atoms with van der Waals surface area (Å²) in [6.07, 6.45) is 2.55. The van der Waals surface area contributed by atoms with Gasteiger partial charge in [0.1, 0.15) is 0 Å². The van der Waals surface area contributed by atoms with Gasteiger partial charge >= 0.3 is 0 Å². The molecule has 0 unspecified atom stereocenters. The molecular formula is C9H16N2O. The molecule has 0 radical (unpaired) electrons. The van der Waals surface area contributed by atoms with Gasteiger partial charge in [0.05, 0.1) is 6.54 Å². The number of hydrogen-bond donors (Lipinski definition) is 1. The highest BCUT2D eigenvalue weighted by molar-refractivity contribution is 5.79. The summed E-state index contributed by atoms with van der Waals surface area (Å²) >= 11 is 0. The maximum Gasteiger partial charge on any atom is 0.234 e. The van der Waals surface area contributed by atoms with E-state index in [0.29, 0.717) is 12.6 Å². The van der Waals surface area contributed by atoms with Crippen molar-refractivity contribution in [1.82, 2.24) is 10.2 Å². The highest BCUT2D eigenvalue weighted by Crippen LogP contribution is 2.33. The van der Waals surface area contributed by atoms with Crippen LogP contribution in [0.1, 0.15) is 26.7 Å². The van der Waals surface area contributed by atoms with Crippen LogP contribution in [0, 0.1) is 0 Å². The molecule has 1 heterocycles. The molecule has 1 saturated heterocycles. The van der Waals surface area contributed by atoms with Gasteiger partial charge in [-0.05, 0) is 26.7 Å². The summed E-state index contributed by atoms with van der Waals surface area (Å²) in [5, 5.41) is 2.90. The van der Waals surface area contributed by atoms with E-state index in [1.807, 2.05) is 0 Å². The zero-order valence-electron chi connectivity index (χ0n) is 7.76. The summed E-state index contributed by atoms with van der Waals surface area (Å²) in [4.78, 5) is 13.5. The Morgan fingerprint density at radius 1 is 1.50 bits per heavy atom. The molecule has 0 atom stereocenters. The van der Waals surface area contributed by atoms with Crippen molar-refractivity contribution in [3.05, 3.63) is 0 Å². The average molecular weight is 168 g/mol. The predicted molar refractivity (Wildman–Crippen MR) is 46.8 cm³/mol. The third-order valence-corrected chi connectivity index (χ3v) is 2.80. The quantitative estimate of drug-likeness (QED) is 0.613. The van der Waals surface area contributed by atoms with Crippen molar-refractivity contribution in [2.45, 2.75) is 38.3 Å². The summed E-state index contributed by atoms with van der Waals surface area (Å²) in [7, 11) is 0. The molecule has 2 rings (SSSR count). The Hall–Kier alpha value is -0.570. The van der Waals surface area contributed by atoms with Crippen LogP contribution in [0.2, 0.25) is 0 Å². The fraction of sp³-hybridized carbons (Fsp3) is 0.889. The molecule has 1 aliphatic carbocycles. The van der Waals surface area contributed by atoms with Crippen LogP contribution >= 0.6 is 0 Å². The number of nitrogens with one attached hydrogen (secondary N) is 1. The Balaban J connectivity index is 2.09. The molecule has 12 heavy (non-hydrogen) atoms. The minimum absolute atomic E-state index is 0.162. The molecule has 3 nitrogen and oxygen atoms in total. The molecule has 0 spiro atoms. The highest BCUT2D eigenvalue weighted by Gasteiger charge is 2.41. The standard InChI is InChI=1S/C9H16N2O/c1-9(2)6-10-8(12)5-11(9)7-3-4-7/h7H,3-6H2,1-2H3,(H,10,12). The van der Waals surface area contributed by atoms with Crippen molar-refractivity contribution in [3.8, 4) is 0 Å². The van der Waals surface area contributed by atoms with Crippen LogP contribution in [-0.2, 0) is 4.79 Å². The number of piperazine rings is 1. The van der Waals surface area contributed by atoms with Gasteiger partial charge in [-0.25, -0.2) is 0 Å². The van der Waals surface area contributed by atoms with E-state index in [1.165, 1.54) is 12.8 Å². The van der Waals surface area contributed by atoms with Crippen molar-refractivity contribution >= 4 is 5.91 Å². The Morgan fingerprint density at radius 3 is 2.75 bits per heavy atom. The van der Waals surface area contributed by atoms with Crippen LogP contribution in [0.25, 0.3) is 0 Å². The molecule has 0 aromatic heterocycles. The number of rotatable bonds is 1. The summed E-state index contributed by atoms with van der Waals surface area (Å²) in [6, 6.07) is 0.686. The van der Waals surface area contributed by atoms with Gasteiger partial charge in [0, 0.05) is 18.1 Å². The van der Waals surface area contributed by atoms with Crippen LogP contribution in [0.5, 0.6) is 0 Å². The normalized spacial score (nSPS) is 30.0. The lowest BCUT2D eigenvalue weighted by molar-refractivity contribution is -0.128. The first-order valence-corrected chi connectivity index (χ1v) is 4.63. The highest BCUT2D eigenvalue weighted by atomic mass is 16.2. The molecular weight excluding hydrogens is 152 g/mol. The molecule has 0 aromatic carbocycles. The summed E-state index contributed by atoms with van der Waals surface area (Å²) in [5.41, 5.74) is 0.162. The first-order valence-electron chi connectivity index (χ1n) is 4.63. The van der Waals surface area contributed by atoms with E-state index < -0.39 is 0 Å². The third kappa shape index (κ3) is 1.33. The molecule has 0 bridgehead atoms. The zero-order valence-corrected chi connectivity index (χ0v) is 7.76. The van der Waals surface area contributed by atoms with Gasteiger partial charge in [0.25, 0.3) is 0 Å². The minimum Gasteiger partial charge on any atom is -0.353 e. The van der Waals surface area contributed by atoms with Gasteiger partial charge in [-0.3, -0.25) is 9.69 Å². The van der Waals surface area contributed by atoms with E-state index in [-0.39, 0.29) is 11.4 Å². The summed E-state index contributed by atoms with van der Waals surface area (Å²) in [6.45, 7) is 5.79. The Morgan fingerprint density at radius 2 is 2.17 bits per heavy atom. The van der Waals surface area contributed by atoms with E-state index in [4.69, 9.17) is 0 Å². The first-order chi connectivity index (χ1) is 5.59. The van der Waals surface area contributed by atoms with Gasteiger partial charge in [0.2, 0.25) is 5.91 Å². The van der Waals surface area contributed by atoms with Crippen LogP contribution in [-0.4, -0.2) is 35.5 Å². The SMILES string of the molecule is CC1(C)CNC(=O)CN1C1CC1. The fourth-order valence-corrected chi connectivity index (χ4v) is 1.85.